The molecule has 112 valence electrons. The van der Waals surface area contributed by atoms with Crippen LogP contribution in [0.3, 0.4) is 0 Å². The number of alkyl halides is 3. The number of hydrogen-bond acceptors (Lipinski definition) is 4. The number of esters is 1. The van der Waals surface area contributed by atoms with Gasteiger partial charge in [-0.25, -0.2) is 9.48 Å². The number of nitrogens with zero attached hydrogens (tertiary/aromatic N) is 2. The number of nitrogens with one attached hydrogen (secondary N) is 1. The number of aromatic nitrogens is 2. The second-order valence-electron chi connectivity index (χ2n) is 5.63. The van der Waals surface area contributed by atoms with E-state index in [2.05, 4.69) is 10.4 Å². The van der Waals surface area contributed by atoms with E-state index in [0.717, 1.165) is 10.9 Å². The van der Waals surface area contributed by atoms with E-state index in [1.165, 1.54) is 0 Å². The van der Waals surface area contributed by atoms with E-state index in [-0.39, 0.29) is 24.3 Å². The molecule has 0 saturated heterocycles. The van der Waals surface area contributed by atoms with Gasteiger partial charge in [0, 0.05) is 6.54 Å². The molecule has 0 amide bonds. The van der Waals surface area contributed by atoms with Gasteiger partial charge < -0.3 is 10.1 Å². The first-order valence-electron chi connectivity index (χ1n) is 6.21. The molecule has 1 N–H and O–H groups in total. The second-order valence-corrected chi connectivity index (χ2v) is 5.63. The number of anilines is 1. The summed E-state index contributed by atoms with van der Waals surface area (Å²) in [5.74, 6) is -0.623. The molecule has 1 aromatic rings. The Kier molecular flexibility index (Phi) is 3.43. The molecule has 0 fully saturated rings. The SMILES string of the molecule is CC(C)(C)OC(=O)c1cnn2c1NCCC2C(F)(F)F. The number of carbonyl (C=O) groups excluding carboxylic acids is 1. The molecular weight excluding hydrogens is 275 g/mol. The van der Waals surface area contributed by atoms with Gasteiger partial charge in [0.15, 0.2) is 6.04 Å². The minimum Gasteiger partial charge on any atom is -0.456 e. The van der Waals surface area contributed by atoms with E-state index >= 15 is 0 Å². The molecule has 2 rings (SSSR count). The van der Waals surface area contributed by atoms with Crippen LogP contribution in [0.25, 0.3) is 0 Å². The molecule has 1 aliphatic rings. The predicted molar refractivity (Wildman–Crippen MR) is 65.6 cm³/mol. The zero-order valence-corrected chi connectivity index (χ0v) is 11.4. The highest BCUT2D eigenvalue weighted by Crippen LogP contribution is 2.38. The molecule has 1 aromatic heterocycles. The summed E-state index contributed by atoms with van der Waals surface area (Å²) in [6.45, 7) is 5.19. The van der Waals surface area contributed by atoms with Gasteiger partial charge in [0.05, 0.1) is 6.20 Å². The summed E-state index contributed by atoms with van der Waals surface area (Å²) >= 11 is 0. The third-order valence-corrected chi connectivity index (χ3v) is 2.80. The number of hydrogen-bond donors (Lipinski definition) is 1. The Bertz CT molecular complexity index is 517. The molecule has 0 aliphatic carbocycles. The first-order valence-corrected chi connectivity index (χ1v) is 6.21. The Hall–Kier alpha value is -1.73. The summed E-state index contributed by atoms with van der Waals surface area (Å²) in [6.07, 6.45) is -3.40. The van der Waals surface area contributed by atoms with Crippen molar-refractivity contribution in [2.45, 2.75) is 45.0 Å². The molecule has 20 heavy (non-hydrogen) atoms. The monoisotopic (exact) mass is 291 g/mol. The molecule has 0 spiro atoms. The Labute approximate surface area is 114 Å². The van der Waals surface area contributed by atoms with Crippen LogP contribution in [0.15, 0.2) is 6.20 Å². The van der Waals surface area contributed by atoms with Crippen molar-refractivity contribution in [1.82, 2.24) is 9.78 Å². The van der Waals surface area contributed by atoms with Crippen LogP contribution in [0.5, 0.6) is 0 Å². The van der Waals surface area contributed by atoms with Gasteiger partial charge >= 0.3 is 12.1 Å². The lowest BCUT2D eigenvalue weighted by Crippen LogP contribution is -2.34. The number of carbonyl (C=O) groups is 1. The van der Waals surface area contributed by atoms with Gasteiger partial charge in [-0.1, -0.05) is 0 Å². The average Bonchev–Trinajstić information content (AvgIpc) is 2.68. The summed E-state index contributed by atoms with van der Waals surface area (Å²) < 4.78 is 44.7. The molecule has 1 aliphatic heterocycles. The van der Waals surface area contributed by atoms with E-state index in [9.17, 15) is 18.0 Å². The van der Waals surface area contributed by atoms with Crippen LogP contribution in [0, 0.1) is 0 Å². The maximum atomic E-state index is 12.9. The zero-order valence-electron chi connectivity index (χ0n) is 11.4. The van der Waals surface area contributed by atoms with Crippen LogP contribution in [-0.2, 0) is 4.74 Å². The predicted octanol–water partition coefficient (Wildman–Crippen LogP) is 2.76. The molecule has 5 nitrogen and oxygen atoms in total. The summed E-state index contributed by atoms with van der Waals surface area (Å²) in [4.78, 5) is 12.0. The number of ether oxygens (including phenoxy) is 1. The van der Waals surface area contributed by atoms with E-state index in [1.807, 2.05) is 0 Å². The third kappa shape index (κ3) is 2.88. The highest BCUT2D eigenvalue weighted by molar-refractivity contribution is 5.94. The largest absolute Gasteiger partial charge is 0.456 e. The van der Waals surface area contributed by atoms with E-state index in [1.54, 1.807) is 20.8 Å². The standard InChI is InChI=1S/C12H16F3N3O2/c1-11(2,3)20-10(19)7-6-17-18-8(12(13,14)15)4-5-16-9(7)18/h6,8,16H,4-5H2,1-3H3. The van der Waals surface area contributed by atoms with Gasteiger partial charge in [-0.05, 0) is 27.2 Å². The fourth-order valence-electron chi connectivity index (χ4n) is 2.01. The lowest BCUT2D eigenvalue weighted by atomic mass is 10.1. The lowest BCUT2D eigenvalue weighted by molar-refractivity contribution is -0.171. The molecule has 0 saturated carbocycles. The van der Waals surface area contributed by atoms with Gasteiger partial charge in [0.25, 0.3) is 0 Å². The van der Waals surface area contributed by atoms with Crippen molar-refractivity contribution in [2.75, 3.05) is 11.9 Å². The van der Waals surface area contributed by atoms with Crippen molar-refractivity contribution in [1.29, 1.82) is 0 Å². The maximum absolute atomic E-state index is 12.9. The zero-order chi connectivity index (χ0) is 15.1. The van der Waals surface area contributed by atoms with Crippen LogP contribution in [-0.4, -0.2) is 34.1 Å². The van der Waals surface area contributed by atoms with Crippen LogP contribution in [0.2, 0.25) is 0 Å². The van der Waals surface area contributed by atoms with Crippen molar-refractivity contribution < 1.29 is 22.7 Å². The quantitative estimate of drug-likeness (QED) is 0.808. The van der Waals surface area contributed by atoms with Gasteiger partial charge in [0.2, 0.25) is 0 Å². The molecular formula is C12H16F3N3O2. The molecule has 2 heterocycles. The van der Waals surface area contributed by atoms with Gasteiger partial charge in [-0.3, -0.25) is 0 Å². The van der Waals surface area contributed by atoms with E-state index < -0.39 is 23.8 Å². The van der Waals surface area contributed by atoms with Crippen molar-refractivity contribution in [2.24, 2.45) is 0 Å². The van der Waals surface area contributed by atoms with E-state index in [0.29, 0.717) is 0 Å². The topological polar surface area (TPSA) is 56.1 Å². The lowest BCUT2D eigenvalue weighted by Gasteiger charge is -2.28. The van der Waals surface area contributed by atoms with Crippen molar-refractivity contribution in [3.63, 3.8) is 0 Å². The van der Waals surface area contributed by atoms with Crippen molar-refractivity contribution in [3.8, 4) is 0 Å². The van der Waals surface area contributed by atoms with Crippen LogP contribution in [0.1, 0.15) is 43.6 Å². The molecule has 1 unspecified atom stereocenters. The van der Waals surface area contributed by atoms with Crippen molar-refractivity contribution in [3.05, 3.63) is 11.8 Å². The average molecular weight is 291 g/mol. The fourth-order valence-corrected chi connectivity index (χ4v) is 2.01. The normalized spacial score (nSPS) is 19.2. The van der Waals surface area contributed by atoms with Crippen LogP contribution >= 0.6 is 0 Å². The number of halogens is 3. The first-order chi connectivity index (χ1) is 9.09. The van der Waals surface area contributed by atoms with Gasteiger partial charge in [-0.2, -0.15) is 18.3 Å². The second kappa shape index (κ2) is 4.68. The molecule has 0 aromatic carbocycles. The third-order valence-electron chi connectivity index (χ3n) is 2.80. The number of fused-ring (bicyclic) bond motifs is 1. The van der Waals surface area contributed by atoms with Gasteiger partial charge in [-0.15, -0.1) is 0 Å². The Morgan fingerprint density at radius 1 is 1.45 bits per heavy atom. The first kappa shape index (κ1) is 14.7. The molecule has 0 radical (unpaired) electrons. The fraction of sp³-hybridized carbons (Fsp3) is 0.667. The summed E-state index contributed by atoms with van der Waals surface area (Å²) in [6, 6.07) is -1.71. The Morgan fingerprint density at radius 3 is 2.65 bits per heavy atom. The molecule has 0 bridgehead atoms. The number of rotatable bonds is 1. The molecule has 8 heteroatoms. The maximum Gasteiger partial charge on any atom is 0.410 e. The smallest absolute Gasteiger partial charge is 0.410 e. The van der Waals surface area contributed by atoms with Gasteiger partial charge in [0.1, 0.15) is 17.0 Å². The summed E-state index contributed by atoms with van der Waals surface area (Å²) in [5.41, 5.74) is -0.696. The van der Waals surface area contributed by atoms with E-state index in [4.69, 9.17) is 4.74 Å². The minimum absolute atomic E-state index is 0.0221. The highest BCUT2D eigenvalue weighted by Gasteiger charge is 2.44. The van der Waals surface area contributed by atoms with Crippen LogP contribution in [0.4, 0.5) is 19.0 Å². The minimum atomic E-state index is -4.39. The van der Waals surface area contributed by atoms with Crippen LogP contribution < -0.4 is 5.32 Å². The summed E-state index contributed by atoms with van der Waals surface area (Å²) in [7, 11) is 0. The van der Waals surface area contributed by atoms with Crippen molar-refractivity contribution >= 4 is 11.8 Å². The Morgan fingerprint density at radius 2 is 2.10 bits per heavy atom. The summed E-state index contributed by atoms with van der Waals surface area (Å²) in [5, 5.41) is 6.47. The Balaban J connectivity index is 2.32. The molecule has 1 atom stereocenters. The highest BCUT2D eigenvalue weighted by atomic mass is 19.4.